The van der Waals surface area contributed by atoms with E-state index in [1.165, 1.54) is 6.42 Å². The van der Waals surface area contributed by atoms with E-state index in [1.54, 1.807) is 0 Å². The Bertz CT molecular complexity index is 374. The number of benzene rings is 1. The van der Waals surface area contributed by atoms with Gasteiger partial charge in [0.15, 0.2) is 0 Å². The molecule has 0 bridgehead atoms. The second kappa shape index (κ2) is 7.79. The summed E-state index contributed by atoms with van der Waals surface area (Å²) in [7, 11) is 0. The Morgan fingerprint density at radius 2 is 2.11 bits per heavy atom. The van der Waals surface area contributed by atoms with E-state index in [0.717, 1.165) is 25.3 Å². The average Bonchev–Trinajstić information content (AvgIpc) is 2.96. The van der Waals surface area contributed by atoms with Crippen LogP contribution in [-0.4, -0.2) is 32.3 Å². The molecule has 1 heterocycles. The first-order valence-corrected chi connectivity index (χ1v) is 6.89. The second-order valence-electron chi connectivity index (χ2n) is 4.78. The van der Waals surface area contributed by atoms with Gasteiger partial charge in [-0.05, 0) is 44.0 Å². The van der Waals surface area contributed by atoms with Gasteiger partial charge in [-0.15, -0.1) is 0 Å². The van der Waals surface area contributed by atoms with Crippen LogP contribution in [0.25, 0.3) is 0 Å². The fourth-order valence-corrected chi connectivity index (χ4v) is 2.19. The number of ether oxygens (including phenoxy) is 2. The lowest BCUT2D eigenvalue weighted by Gasteiger charge is -2.09. The smallest absolute Gasteiger partial charge is 0.305 e. The maximum Gasteiger partial charge on any atom is 0.305 e. The summed E-state index contributed by atoms with van der Waals surface area (Å²) in [4.78, 5) is 11.5. The molecule has 0 saturated carbocycles. The zero-order valence-corrected chi connectivity index (χ0v) is 11.1. The molecule has 0 aromatic heterocycles. The monoisotopic (exact) mass is 263 g/mol. The molecule has 104 valence electrons. The molecule has 0 aliphatic carbocycles. The molecule has 1 saturated heterocycles. The lowest BCUT2D eigenvalue weighted by Crippen LogP contribution is -2.14. The lowest BCUT2D eigenvalue weighted by atomic mass is 10.0. The first-order valence-electron chi connectivity index (χ1n) is 6.89. The van der Waals surface area contributed by atoms with Gasteiger partial charge in [0.2, 0.25) is 0 Å². The van der Waals surface area contributed by atoms with Gasteiger partial charge in [-0.25, -0.2) is 0 Å². The van der Waals surface area contributed by atoms with E-state index >= 15 is 0 Å². The number of hydrogen-bond donors (Lipinski definition) is 1. The molecule has 1 aromatic carbocycles. The summed E-state index contributed by atoms with van der Waals surface area (Å²) in [5.41, 5.74) is 0. The first kappa shape index (κ1) is 13.9. The number of nitrogens with one attached hydrogen (secondary N) is 1. The molecule has 1 aliphatic heterocycles. The van der Waals surface area contributed by atoms with Crippen molar-refractivity contribution < 1.29 is 14.3 Å². The van der Waals surface area contributed by atoms with Crippen molar-refractivity contribution in [1.29, 1.82) is 0 Å². The van der Waals surface area contributed by atoms with Crippen LogP contribution in [0, 0.1) is 5.92 Å². The Morgan fingerprint density at radius 3 is 2.84 bits per heavy atom. The second-order valence-corrected chi connectivity index (χ2v) is 4.78. The highest BCUT2D eigenvalue weighted by atomic mass is 16.6. The van der Waals surface area contributed by atoms with E-state index in [9.17, 15) is 4.79 Å². The minimum absolute atomic E-state index is 0.122. The SMILES string of the molecule is O=C(CCC1CCNC1)OCCOc1ccccc1. The van der Waals surface area contributed by atoms with Crippen LogP contribution in [0.4, 0.5) is 0 Å². The van der Waals surface area contributed by atoms with Gasteiger partial charge in [0.25, 0.3) is 0 Å². The fraction of sp³-hybridized carbons (Fsp3) is 0.533. The van der Waals surface area contributed by atoms with Crippen LogP contribution in [0.15, 0.2) is 30.3 Å². The molecule has 1 aromatic rings. The first-order chi connectivity index (χ1) is 9.34. The minimum atomic E-state index is -0.122. The van der Waals surface area contributed by atoms with Crippen LogP contribution in [0.1, 0.15) is 19.3 Å². The molecular formula is C15H21NO3. The molecular weight excluding hydrogens is 242 g/mol. The third-order valence-corrected chi connectivity index (χ3v) is 3.28. The van der Waals surface area contributed by atoms with E-state index in [0.29, 0.717) is 25.6 Å². The van der Waals surface area contributed by atoms with Crippen molar-refractivity contribution in [3.8, 4) is 5.75 Å². The Hall–Kier alpha value is -1.55. The summed E-state index contributed by atoms with van der Waals surface area (Å²) in [5.74, 6) is 1.31. The van der Waals surface area contributed by atoms with Crippen LogP contribution in [0.5, 0.6) is 5.75 Å². The quantitative estimate of drug-likeness (QED) is 0.604. The van der Waals surface area contributed by atoms with E-state index in [4.69, 9.17) is 9.47 Å². The van der Waals surface area contributed by atoms with Crippen molar-refractivity contribution in [2.24, 2.45) is 5.92 Å². The van der Waals surface area contributed by atoms with Crippen molar-refractivity contribution in [2.75, 3.05) is 26.3 Å². The van der Waals surface area contributed by atoms with Gasteiger partial charge < -0.3 is 14.8 Å². The van der Waals surface area contributed by atoms with E-state index in [2.05, 4.69) is 5.32 Å². The van der Waals surface area contributed by atoms with E-state index in [1.807, 2.05) is 30.3 Å². The van der Waals surface area contributed by atoms with Gasteiger partial charge in [0.05, 0.1) is 0 Å². The van der Waals surface area contributed by atoms with E-state index in [-0.39, 0.29) is 5.97 Å². The van der Waals surface area contributed by atoms with Crippen LogP contribution < -0.4 is 10.1 Å². The topological polar surface area (TPSA) is 47.6 Å². The molecule has 1 unspecified atom stereocenters. The third kappa shape index (κ3) is 5.30. The summed E-state index contributed by atoms with van der Waals surface area (Å²) < 4.78 is 10.6. The van der Waals surface area contributed by atoms with Crippen LogP contribution in [-0.2, 0) is 9.53 Å². The average molecular weight is 263 g/mol. The van der Waals surface area contributed by atoms with Crippen molar-refractivity contribution in [3.05, 3.63) is 30.3 Å². The Labute approximate surface area is 114 Å². The normalized spacial score (nSPS) is 18.2. The summed E-state index contributed by atoms with van der Waals surface area (Å²) in [6.07, 6.45) is 2.60. The summed E-state index contributed by atoms with van der Waals surface area (Å²) in [6, 6.07) is 9.53. The standard InChI is InChI=1S/C15H21NO3/c17-15(7-6-13-8-9-16-12-13)19-11-10-18-14-4-2-1-3-5-14/h1-5,13,16H,6-12H2. The number of carbonyl (C=O) groups is 1. The van der Waals surface area contributed by atoms with Crippen molar-refractivity contribution in [2.45, 2.75) is 19.3 Å². The van der Waals surface area contributed by atoms with Gasteiger partial charge in [-0.3, -0.25) is 4.79 Å². The predicted octanol–water partition coefficient (Wildman–Crippen LogP) is 2.00. The van der Waals surface area contributed by atoms with Crippen molar-refractivity contribution in [3.63, 3.8) is 0 Å². The van der Waals surface area contributed by atoms with E-state index < -0.39 is 0 Å². The van der Waals surface area contributed by atoms with Gasteiger partial charge in [0.1, 0.15) is 19.0 Å². The third-order valence-electron chi connectivity index (χ3n) is 3.28. The Morgan fingerprint density at radius 1 is 1.26 bits per heavy atom. The zero-order chi connectivity index (χ0) is 13.3. The molecule has 1 N–H and O–H groups in total. The Balaban J connectivity index is 1.51. The Kier molecular flexibility index (Phi) is 5.69. The molecule has 1 fully saturated rings. The van der Waals surface area contributed by atoms with Gasteiger partial charge >= 0.3 is 5.97 Å². The molecule has 0 spiro atoms. The highest BCUT2D eigenvalue weighted by Crippen LogP contribution is 2.14. The highest BCUT2D eigenvalue weighted by molar-refractivity contribution is 5.69. The number of esters is 1. The number of para-hydroxylation sites is 1. The molecule has 0 radical (unpaired) electrons. The molecule has 1 aliphatic rings. The van der Waals surface area contributed by atoms with Gasteiger partial charge in [-0.1, -0.05) is 18.2 Å². The van der Waals surface area contributed by atoms with Crippen LogP contribution in [0.3, 0.4) is 0 Å². The summed E-state index contributed by atoms with van der Waals surface area (Å²) in [5, 5.41) is 3.29. The number of carbonyl (C=O) groups excluding carboxylic acids is 1. The highest BCUT2D eigenvalue weighted by Gasteiger charge is 2.15. The minimum Gasteiger partial charge on any atom is -0.490 e. The number of rotatable bonds is 7. The number of hydrogen-bond acceptors (Lipinski definition) is 4. The zero-order valence-electron chi connectivity index (χ0n) is 11.1. The molecule has 0 amide bonds. The predicted molar refractivity (Wildman–Crippen MR) is 73.1 cm³/mol. The lowest BCUT2D eigenvalue weighted by molar-refractivity contribution is -0.144. The molecule has 4 heteroatoms. The van der Waals surface area contributed by atoms with Crippen LogP contribution in [0.2, 0.25) is 0 Å². The van der Waals surface area contributed by atoms with Gasteiger partial charge in [0, 0.05) is 6.42 Å². The molecule has 4 nitrogen and oxygen atoms in total. The summed E-state index contributed by atoms with van der Waals surface area (Å²) in [6.45, 7) is 2.83. The largest absolute Gasteiger partial charge is 0.490 e. The fourth-order valence-electron chi connectivity index (χ4n) is 2.19. The van der Waals surface area contributed by atoms with Gasteiger partial charge in [-0.2, -0.15) is 0 Å². The van der Waals surface area contributed by atoms with Crippen molar-refractivity contribution >= 4 is 5.97 Å². The maximum absolute atomic E-state index is 11.5. The maximum atomic E-state index is 11.5. The summed E-state index contributed by atoms with van der Waals surface area (Å²) >= 11 is 0. The van der Waals surface area contributed by atoms with Crippen molar-refractivity contribution in [1.82, 2.24) is 5.32 Å². The molecule has 1 atom stereocenters. The molecule has 2 rings (SSSR count). The van der Waals surface area contributed by atoms with Crippen LogP contribution >= 0.6 is 0 Å². The molecule has 19 heavy (non-hydrogen) atoms.